The third-order valence-electron chi connectivity index (χ3n) is 5.20. The molecule has 2 heterocycles. The van der Waals surface area contributed by atoms with Gasteiger partial charge in [0.15, 0.2) is 0 Å². The Balaban J connectivity index is 1.54. The number of rotatable bonds is 6. The lowest BCUT2D eigenvalue weighted by atomic mass is 10.1. The van der Waals surface area contributed by atoms with E-state index in [9.17, 15) is 18.3 Å². The summed E-state index contributed by atoms with van der Waals surface area (Å²) in [4.78, 5) is 20.4. The van der Waals surface area contributed by atoms with Crippen LogP contribution in [0.1, 0.15) is 10.4 Å². The lowest BCUT2D eigenvalue weighted by Gasteiger charge is -2.37. The second-order valence-electron chi connectivity index (χ2n) is 7.24. The van der Waals surface area contributed by atoms with E-state index in [1.54, 1.807) is 30.5 Å². The Bertz CT molecular complexity index is 1230. The molecule has 32 heavy (non-hydrogen) atoms. The number of aromatic carboxylic acids is 1. The maximum absolute atomic E-state index is 12.7. The number of pyridine rings is 1. The molecule has 0 spiro atoms. The Hall–Kier alpha value is -3.30. The van der Waals surface area contributed by atoms with Crippen molar-refractivity contribution >= 4 is 44.8 Å². The molecule has 1 aliphatic rings. The van der Waals surface area contributed by atoms with Crippen molar-refractivity contribution in [3.05, 3.63) is 77.4 Å². The molecular formula is C22H21ClN4O4S. The minimum atomic E-state index is -3.96. The highest BCUT2D eigenvalue weighted by Crippen LogP contribution is 2.29. The van der Waals surface area contributed by atoms with Gasteiger partial charge in [-0.3, -0.25) is 4.72 Å². The minimum Gasteiger partial charge on any atom is -0.478 e. The number of hydrogen-bond acceptors (Lipinski definition) is 6. The summed E-state index contributed by atoms with van der Waals surface area (Å²) in [6.45, 7) is 2.61. The van der Waals surface area contributed by atoms with Gasteiger partial charge in [0.1, 0.15) is 10.7 Å². The van der Waals surface area contributed by atoms with Crippen LogP contribution in [0.2, 0.25) is 5.02 Å². The van der Waals surface area contributed by atoms with Gasteiger partial charge in [0.2, 0.25) is 0 Å². The summed E-state index contributed by atoms with van der Waals surface area (Å²) < 4.78 is 27.8. The third-order valence-corrected chi connectivity index (χ3v) is 7.08. The van der Waals surface area contributed by atoms with E-state index in [2.05, 4.69) is 14.6 Å². The van der Waals surface area contributed by atoms with Crippen molar-refractivity contribution in [3.63, 3.8) is 0 Å². The van der Waals surface area contributed by atoms with Gasteiger partial charge in [-0.05, 0) is 42.5 Å². The van der Waals surface area contributed by atoms with E-state index in [4.69, 9.17) is 11.6 Å². The van der Waals surface area contributed by atoms with Gasteiger partial charge in [-0.25, -0.2) is 18.2 Å². The number of halogens is 1. The van der Waals surface area contributed by atoms with Crippen LogP contribution in [0.5, 0.6) is 0 Å². The number of nitrogens with one attached hydrogen (secondary N) is 1. The molecule has 1 aliphatic heterocycles. The van der Waals surface area contributed by atoms with Gasteiger partial charge in [0.05, 0.1) is 16.3 Å². The van der Waals surface area contributed by atoms with Crippen LogP contribution in [-0.4, -0.2) is 50.7 Å². The van der Waals surface area contributed by atoms with Crippen molar-refractivity contribution in [1.29, 1.82) is 0 Å². The maximum atomic E-state index is 12.7. The molecule has 1 saturated heterocycles. The molecule has 2 N–H and O–H groups in total. The fourth-order valence-electron chi connectivity index (χ4n) is 3.64. The van der Waals surface area contributed by atoms with Gasteiger partial charge < -0.3 is 14.9 Å². The highest BCUT2D eigenvalue weighted by Gasteiger charge is 2.24. The van der Waals surface area contributed by atoms with Gasteiger partial charge in [-0.15, -0.1) is 0 Å². The van der Waals surface area contributed by atoms with Crippen molar-refractivity contribution in [2.45, 2.75) is 4.90 Å². The second kappa shape index (κ2) is 9.05. The van der Waals surface area contributed by atoms with Crippen LogP contribution in [-0.2, 0) is 10.0 Å². The Kier molecular flexibility index (Phi) is 6.20. The summed E-state index contributed by atoms with van der Waals surface area (Å²) in [6.07, 6.45) is 1.74. The van der Waals surface area contributed by atoms with E-state index in [-0.39, 0.29) is 21.2 Å². The summed E-state index contributed by atoms with van der Waals surface area (Å²) in [5, 5.41) is 9.85. The molecule has 8 nitrogen and oxygen atoms in total. The fraction of sp³-hybridized carbons (Fsp3) is 0.182. The molecule has 0 unspecified atom stereocenters. The number of carbonyl (C=O) groups is 1. The van der Waals surface area contributed by atoms with Crippen LogP contribution < -0.4 is 14.5 Å². The zero-order valence-electron chi connectivity index (χ0n) is 17.0. The standard InChI is InChI=1S/C22H21ClN4O4S/c23-18-5-1-2-6-20(18)32(30,31)25-16-8-9-19(17(15-16)22(28)29)26-11-13-27(14-12-26)21-7-3-4-10-24-21/h1-10,15,25H,11-14H2,(H,28,29). The Morgan fingerprint density at radius 2 is 1.66 bits per heavy atom. The Morgan fingerprint density at radius 3 is 2.31 bits per heavy atom. The molecule has 0 atom stereocenters. The zero-order chi connectivity index (χ0) is 22.7. The van der Waals surface area contributed by atoms with Gasteiger partial charge in [0, 0.05) is 38.1 Å². The molecule has 166 valence electrons. The molecule has 1 aromatic heterocycles. The first-order valence-corrected chi connectivity index (χ1v) is 11.8. The van der Waals surface area contributed by atoms with Gasteiger partial charge in [0.25, 0.3) is 10.0 Å². The molecule has 0 aliphatic carbocycles. The predicted octanol–water partition coefficient (Wildman–Crippen LogP) is 3.56. The van der Waals surface area contributed by atoms with Gasteiger partial charge in [-0.2, -0.15) is 0 Å². The number of piperazine rings is 1. The fourth-order valence-corrected chi connectivity index (χ4v) is 5.21. The van der Waals surface area contributed by atoms with Gasteiger partial charge in [-0.1, -0.05) is 29.8 Å². The number of carboxylic acids is 1. The Morgan fingerprint density at radius 1 is 0.969 bits per heavy atom. The summed E-state index contributed by atoms with van der Waals surface area (Å²) in [5.74, 6) is -0.249. The van der Waals surface area contributed by atoms with Crippen LogP contribution in [0, 0.1) is 0 Å². The first-order chi connectivity index (χ1) is 15.3. The number of nitrogens with zero attached hydrogens (tertiary/aromatic N) is 3. The summed E-state index contributed by atoms with van der Waals surface area (Å²) >= 11 is 6.01. The number of carboxylic acid groups (broad SMARTS) is 1. The van der Waals surface area contributed by atoms with Crippen LogP contribution in [0.15, 0.2) is 71.8 Å². The molecule has 0 bridgehead atoms. The molecule has 4 rings (SSSR count). The van der Waals surface area contributed by atoms with Crippen LogP contribution in [0.3, 0.4) is 0 Å². The number of aromatic nitrogens is 1. The van der Waals surface area contributed by atoms with Crippen molar-refractivity contribution in [3.8, 4) is 0 Å². The molecule has 0 amide bonds. The van der Waals surface area contributed by atoms with Crippen molar-refractivity contribution < 1.29 is 18.3 Å². The van der Waals surface area contributed by atoms with E-state index < -0.39 is 16.0 Å². The number of benzene rings is 2. The normalized spacial score (nSPS) is 14.3. The average Bonchev–Trinajstić information content (AvgIpc) is 2.79. The van der Waals surface area contributed by atoms with E-state index in [1.165, 1.54) is 18.2 Å². The first kappa shape index (κ1) is 21.9. The smallest absolute Gasteiger partial charge is 0.337 e. The lowest BCUT2D eigenvalue weighted by Crippen LogP contribution is -2.47. The molecule has 0 radical (unpaired) electrons. The maximum Gasteiger partial charge on any atom is 0.337 e. The molecular weight excluding hydrogens is 452 g/mol. The first-order valence-electron chi connectivity index (χ1n) is 9.91. The quantitative estimate of drug-likeness (QED) is 0.565. The van der Waals surface area contributed by atoms with Crippen LogP contribution in [0.4, 0.5) is 17.2 Å². The minimum absolute atomic E-state index is 0.0237. The Labute approximate surface area is 191 Å². The highest BCUT2D eigenvalue weighted by molar-refractivity contribution is 7.92. The predicted molar refractivity (Wildman–Crippen MR) is 124 cm³/mol. The molecule has 0 saturated carbocycles. The average molecular weight is 473 g/mol. The van der Waals surface area contributed by atoms with E-state index in [0.717, 1.165) is 5.82 Å². The number of anilines is 3. The lowest BCUT2D eigenvalue weighted by molar-refractivity contribution is 0.0697. The summed E-state index contributed by atoms with van der Waals surface area (Å²) in [5.41, 5.74) is 0.715. The van der Waals surface area contributed by atoms with E-state index in [0.29, 0.717) is 31.9 Å². The molecule has 2 aromatic carbocycles. The topological polar surface area (TPSA) is 103 Å². The van der Waals surface area contributed by atoms with Crippen LogP contribution >= 0.6 is 11.6 Å². The molecule has 1 fully saturated rings. The molecule has 3 aromatic rings. The van der Waals surface area contributed by atoms with Gasteiger partial charge >= 0.3 is 5.97 Å². The molecule has 10 heteroatoms. The summed E-state index contributed by atoms with van der Waals surface area (Å²) in [7, 11) is -3.96. The highest BCUT2D eigenvalue weighted by atomic mass is 35.5. The zero-order valence-corrected chi connectivity index (χ0v) is 18.6. The third kappa shape index (κ3) is 4.63. The SMILES string of the molecule is O=C(O)c1cc(NS(=O)(=O)c2ccccc2Cl)ccc1N1CCN(c2ccccn2)CC1. The second-order valence-corrected chi connectivity index (χ2v) is 9.29. The van der Waals surface area contributed by atoms with Crippen molar-refractivity contribution in [2.24, 2.45) is 0 Å². The van der Waals surface area contributed by atoms with E-state index >= 15 is 0 Å². The number of hydrogen-bond donors (Lipinski definition) is 2. The summed E-state index contributed by atoms with van der Waals surface area (Å²) in [6, 6.07) is 16.3. The number of sulfonamides is 1. The van der Waals surface area contributed by atoms with Crippen molar-refractivity contribution in [1.82, 2.24) is 4.98 Å². The van der Waals surface area contributed by atoms with E-state index in [1.807, 2.05) is 23.1 Å². The van der Waals surface area contributed by atoms with Crippen LogP contribution in [0.25, 0.3) is 0 Å². The van der Waals surface area contributed by atoms with Crippen molar-refractivity contribution in [2.75, 3.05) is 40.7 Å². The largest absolute Gasteiger partial charge is 0.478 e. The monoisotopic (exact) mass is 472 g/mol.